The van der Waals surface area contributed by atoms with Gasteiger partial charge >= 0.3 is 0 Å². The summed E-state index contributed by atoms with van der Waals surface area (Å²) < 4.78 is 0. The van der Waals surface area contributed by atoms with Crippen molar-refractivity contribution in [2.75, 3.05) is 0 Å². The zero-order valence-electron chi connectivity index (χ0n) is 10.9. The molecule has 0 nitrogen and oxygen atoms in total. The number of unbranched alkanes of at least 4 members (excludes halogenated alkanes) is 5. The molecule has 0 bridgehead atoms. The number of rotatable bonds is 9. The minimum atomic E-state index is 1.21. The van der Waals surface area contributed by atoms with Crippen LogP contribution < -0.4 is 0 Å². The highest BCUT2D eigenvalue weighted by molar-refractivity contribution is 5.14. The fourth-order valence-corrected chi connectivity index (χ4v) is 1.41. The molecule has 0 aromatic heterocycles. The van der Waals surface area contributed by atoms with E-state index in [4.69, 9.17) is 0 Å². The average molecular weight is 218 g/mol. The molecule has 0 amide bonds. The molecule has 0 aliphatic rings. The molecule has 0 unspecified atom stereocenters. The van der Waals surface area contributed by atoms with Gasteiger partial charge in [0.15, 0.2) is 0 Å². The summed E-state index contributed by atoms with van der Waals surface area (Å²) in [6.07, 6.45) is 24.7. The predicted octanol–water partition coefficient (Wildman–Crippen LogP) is 5.59. The van der Waals surface area contributed by atoms with Crippen molar-refractivity contribution in [1.82, 2.24) is 0 Å². The van der Waals surface area contributed by atoms with Crippen LogP contribution in [0.2, 0.25) is 0 Å². The average Bonchev–Trinajstić information content (AvgIpc) is 2.31. The SMILES string of the molecule is C/C=C/C=C/C=C/C=C/CCCCCCC. The fourth-order valence-electron chi connectivity index (χ4n) is 1.41. The maximum Gasteiger partial charge on any atom is -0.0348 e. The van der Waals surface area contributed by atoms with Gasteiger partial charge < -0.3 is 0 Å². The van der Waals surface area contributed by atoms with Gasteiger partial charge in [-0.15, -0.1) is 0 Å². The molecular weight excluding hydrogens is 192 g/mol. The Labute approximate surface area is 101 Å². The zero-order valence-corrected chi connectivity index (χ0v) is 10.9. The molecule has 0 saturated heterocycles. The van der Waals surface area contributed by atoms with Gasteiger partial charge in [-0.1, -0.05) is 81.2 Å². The van der Waals surface area contributed by atoms with Gasteiger partial charge in [-0.25, -0.2) is 0 Å². The van der Waals surface area contributed by atoms with Crippen LogP contribution in [-0.4, -0.2) is 0 Å². The summed E-state index contributed by atoms with van der Waals surface area (Å²) >= 11 is 0. The monoisotopic (exact) mass is 218 g/mol. The molecule has 90 valence electrons. The Balaban J connectivity index is 3.33. The molecule has 0 heterocycles. The Morgan fingerprint density at radius 1 is 0.688 bits per heavy atom. The van der Waals surface area contributed by atoms with E-state index in [0.29, 0.717) is 0 Å². The zero-order chi connectivity index (χ0) is 11.9. The molecule has 0 aliphatic carbocycles. The van der Waals surface area contributed by atoms with E-state index >= 15 is 0 Å². The van der Waals surface area contributed by atoms with Crippen LogP contribution in [-0.2, 0) is 0 Å². The summed E-state index contributed by atoms with van der Waals surface area (Å²) in [5, 5.41) is 0. The third kappa shape index (κ3) is 13.0. The largest absolute Gasteiger partial charge is 0.0877 e. The van der Waals surface area contributed by atoms with Gasteiger partial charge in [0.2, 0.25) is 0 Å². The second-order valence-electron chi connectivity index (χ2n) is 3.93. The molecule has 0 aromatic carbocycles. The summed E-state index contributed by atoms with van der Waals surface area (Å²) in [7, 11) is 0. The quantitative estimate of drug-likeness (QED) is 0.349. The molecule has 0 fully saturated rings. The second kappa shape index (κ2) is 14.0. The second-order valence-corrected chi connectivity index (χ2v) is 3.93. The highest BCUT2D eigenvalue weighted by atomic mass is 13.9. The van der Waals surface area contributed by atoms with Crippen molar-refractivity contribution >= 4 is 0 Å². The molecule has 0 spiro atoms. The lowest BCUT2D eigenvalue weighted by molar-refractivity contribution is 0.637. The normalized spacial score (nSPS) is 12.9. The molecule has 0 radical (unpaired) electrons. The van der Waals surface area contributed by atoms with Crippen LogP contribution in [0.15, 0.2) is 48.6 Å². The summed E-state index contributed by atoms with van der Waals surface area (Å²) in [5.74, 6) is 0. The minimum Gasteiger partial charge on any atom is -0.0877 e. The van der Waals surface area contributed by atoms with Crippen LogP contribution in [0.3, 0.4) is 0 Å². The van der Waals surface area contributed by atoms with E-state index in [1.54, 1.807) is 0 Å². The van der Waals surface area contributed by atoms with Gasteiger partial charge in [-0.3, -0.25) is 0 Å². The fraction of sp³-hybridized carbons (Fsp3) is 0.500. The molecule has 0 saturated carbocycles. The molecule has 0 atom stereocenters. The van der Waals surface area contributed by atoms with Crippen LogP contribution in [0.1, 0.15) is 52.4 Å². The first-order chi connectivity index (χ1) is 7.91. The van der Waals surface area contributed by atoms with E-state index in [1.165, 1.54) is 38.5 Å². The van der Waals surface area contributed by atoms with E-state index in [0.717, 1.165) is 0 Å². The first-order valence-corrected chi connectivity index (χ1v) is 6.53. The van der Waals surface area contributed by atoms with E-state index in [1.807, 2.05) is 31.2 Å². The summed E-state index contributed by atoms with van der Waals surface area (Å²) in [6.45, 7) is 4.28. The standard InChI is InChI=1S/C16H26/c1-3-5-7-9-11-13-15-16-14-12-10-8-6-4-2/h3,5,7,9,11,13,15-16H,4,6,8,10,12,14H2,1-2H3/b5-3+,9-7+,13-11+,16-15+. The number of hydrogen-bond acceptors (Lipinski definition) is 0. The van der Waals surface area contributed by atoms with Crippen LogP contribution in [0.4, 0.5) is 0 Å². The van der Waals surface area contributed by atoms with Crippen LogP contribution in [0.25, 0.3) is 0 Å². The molecule has 16 heavy (non-hydrogen) atoms. The summed E-state index contributed by atoms with van der Waals surface area (Å²) in [4.78, 5) is 0. The van der Waals surface area contributed by atoms with Crippen molar-refractivity contribution in [3.05, 3.63) is 48.6 Å². The Hall–Kier alpha value is -1.04. The Morgan fingerprint density at radius 2 is 1.31 bits per heavy atom. The van der Waals surface area contributed by atoms with E-state index in [9.17, 15) is 0 Å². The molecular formula is C16H26. The number of hydrogen-bond donors (Lipinski definition) is 0. The van der Waals surface area contributed by atoms with E-state index < -0.39 is 0 Å². The number of allylic oxidation sites excluding steroid dienone is 8. The molecule has 0 aliphatic heterocycles. The lowest BCUT2D eigenvalue weighted by Crippen LogP contribution is -1.75. The summed E-state index contributed by atoms with van der Waals surface area (Å²) in [6, 6.07) is 0. The molecule has 0 aromatic rings. The van der Waals surface area contributed by atoms with Gasteiger partial charge in [-0.05, 0) is 19.8 Å². The summed E-state index contributed by atoms with van der Waals surface area (Å²) in [5.41, 5.74) is 0. The van der Waals surface area contributed by atoms with Crippen LogP contribution in [0, 0.1) is 0 Å². The smallest absolute Gasteiger partial charge is 0.0348 e. The third-order valence-electron chi connectivity index (χ3n) is 2.36. The van der Waals surface area contributed by atoms with Crippen molar-refractivity contribution in [2.24, 2.45) is 0 Å². The van der Waals surface area contributed by atoms with Crippen molar-refractivity contribution in [2.45, 2.75) is 52.4 Å². The van der Waals surface area contributed by atoms with Gasteiger partial charge in [-0.2, -0.15) is 0 Å². The Kier molecular flexibility index (Phi) is 13.1. The lowest BCUT2D eigenvalue weighted by atomic mass is 10.1. The maximum absolute atomic E-state index is 2.26. The van der Waals surface area contributed by atoms with Crippen molar-refractivity contribution in [1.29, 1.82) is 0 Å². The highest BCUT2D eigenvalue weighted by Gasteiger charge is 1.85. The van der Waals surface area contributed by atoms with Crippen LogP contribution >= 0.6 is 0 Å². The predicted molar refractivity (Wildman–Crippen MR) is 75.6 cm³/mol. The Morgan fingerprint density at radius 3 is 2.00 bits per heavy atom. The van der Waals surface area contributed by atoms with Gasteiger partial charge in [0.1, 0.15) is 0 Å². The van der Waals surface area contributed by atoms with Crippen molar-refractivity contribution in [3.8, 4) is 0 Å². The van der Waals surface area contributed by atoms with Gasteiger partial charge in [0.25, 0.3) is 0 Å². The van der Waals surface area contributed by atoms with Gasteiger partial charge in [0.05, 0.1) is 0 Å². The van der Waals surface area contributed by atoms with E-state index in [2.05, 4.69) is 31.2 Å². The van der Waals surface area contributed by atoms with Gasteiger partial charge in [0, 0.05) is 0 Å². The molecule has 0 rings (SSSR count). The van der Waals surface area contributed by atoms with E-state index in [-0.39, 0.29) is 0 Å². The molecule has 0 N–H and O–H groups in total. The third-order valence-corrected chi connectivity index (χ3v) is 2.36. The lowest BCUT2D eigenvalue weighted by Gasteiger charge is -1.95. The van der Waals surface area contributed by atoms with Crippen molar-refractivity contribution < 1.29 is 0 Å². The first-order valence-electron chi connectivity index (χ1n) is 6.53. The Bertz CT molecular complexity index is 228. The maximum atomic E-state index is 2.26. The topological polar surface area (TPSA) is 0 Å². The minimum absolute atomic E-state index is 1.21. The van der Waals surface area contributed by atoms with Crippen LogP contribution in [0.5, 0.6) is 0 Å². The highest BCUT2D eigenvalue weighted by Crippen LogP contribution is 2.05. The first kappa shape index (κ1) is 15.0. The van der Waals surface area contributed by atoms with Crippen molar-refractivity contribution in [3.63, 3.8) is 0 Å². The molecule has 0 heteroatoms.